The van der Waals surface area contributed by atoms with Crippen LogP contribution in [0.15, 0.2) is 12.3 Å². The summed E-state index contributed by atoms with van der Waals surface area (Å²) in [5.41, 5.74) is 0.994. The molecule has 2 heterocycles. The summed E-state index contributed by atoms with van der Waals surface area (Å²) in [6, 6.07) is 0. The predicted octanol–water partition coefficient (Wildman–Crippen LogP) is 0.800. The van der Waals surface area contributed by atoms with Crippen LogP contribution in [-0.2, 0) is 47.9 Å². The van der Waals surface area contributed by atoms with Crippen molar-refractivity contribution in [3.8, 4) is 0 Å². The van der Waals surface area contributed by atoms with E-state index in [2.05, 4.69) is 38.5 Å². The second-order valence-electron chi connectivity index (χ2n) is 16.3. The van der Waals surface area contributed by atoms with Gasteiger partial charge in [0, 0.05) is 77.1 Å². The fraction of sp³-hybridized carbons (Fsp3) is 0.795. The number of nitrogens with one attached hydrogen (secondary N) is 6. The molecule has 20 nitrogen and oxygen atoms in total. The zero-order chi connectivity index (χ0) is 46.8. The first-order valence-electron chi connectivity index (χ1n) is 23.4. The molecule has 0 aromatic carbocycles. The Morgan fingerprint density at radius 1 is 0.656 bits per heavy atom. The molecule has 8 N–H and O–H groups in total. The van der Waals surface area contributed by atoms with Gasteiger partial charge in [0.15, 0.2) is 6.29 Å². The van der Waals surface area contributed by atoms with Crippen LogP contribution in [0.25, 0.3) is 0 Å². The van der Waals surface area contributed by atoms with Crippen LogP contribution in [0.1, 0.15) is 129 Å². The van der Waals surface area contributed by atoms with Gasteiger partial charge >= 0.3 is 5.97 Å². The van der Waals surface area contributed by atoms with Gasteiger partial charge in [-0.25, -0.2) is 4.79 Å². The van der Waals surface area contributed by atoms with Gasteiger partial charge in [0.25, 0.3) is 11.8 Å². The van der Waals surface area contributed by atoms with E-state index >= 15 is 0 Å². The molecule has 0 radical (unpaired) electrons. The molecule has 3 atom stereocenters. The second-order valence-corrected chi connectivity index (χ2v) is 16.3. The van der Waals surface area contributed by atoms with E-state index in [1.54, 1.807) is 0 Å². The Balaban J connectivity index is 1.57. The van der Waals surface area contributed by atoms with Crippen LogP contribution in [0.5, 0.6) is 0 Å². The number of rotatable bonds is 38. The second kappa shape index (κ2) is 35.1. The number of hydrogen-bond acceptors (Lipinski definition) is 15. The Labute approximate surface area is 379 Å². The summed E-state index contributed by atoms with van der Waals surface area (Å²) in [7, 11) is 0. The van der Waals surface area contributed by atoms with Gasteiger partial charge < -0.3 is 56.4 Å². The van der Waals surface area contributed by atoms with Crippen molar-refractivity contribution in [2.45, 2.75) is 147 Å². The third-order valence-corrected chi connectivity index (χ3v) is 10.4. The van der Waals surface area contributed by atoms with Gasteiger partial charge in [0.05, 0.1) is 39.0 Å². The van der Waals surface area contributed by atoms with E-state index in [1.165, 1.54) is 4.90 Å². The highest BCUT2D eigenvalue weighted by atomic mass is 16.7. The number of aliphatic hydroxyl groups is 2. The van der Waals surface area contributed by atoms with Crippen LogP contribution in [-0.4, -0.2) is 159 Å². The van der Waals surface area contributed by atoms with E-state index in [4.69, 9.17) is 14.3 Å². The zero-order valence-electron chi connectivity index (χ0n) is 38.2. The minimum atomic E-state index is -0.819. The number of allylic oxidation sites excluding steroid dienone is 1. The molecule has 20 heteroatoms. The Morgan fingerprint density at radius 3 is 1.67 bits per heavy atom. The molecule has 2 rings (SSSR count). The molecule has 2 fully saturated rings. The maximum absolute atomic E-state index is 12.9. The lowest BCUT2D eigenvalue weighted by Gasteiger charge is -2.30. The van der Waals surface area contributed by atoms with E-state index < -0.39 is 36.3 Å². The Hall–Kier alpha value is -4.21. The van der Waals surface area contributed by atoms with Crippen molar-refractivity contribution in [3.63, 3.8) is 0 Å². The molecule has 2 aliphatic rings. The van der Waals surface area contributed by atoms with Gasteiger partial charge in [0.2, 0.25) is 23.6 Å². The molecular formula is C44H78N8O12. The number of aliphatic hydroxyl groups excluding tert-OH is 2. The van der Waals surface area contributed by atoms with Gasteiger partial charge in [-0.1, -0.05) is 38.7 Å². The summed E-state index contributed by atoms with van der Waals surface area (Å²) in [4.78, 5) is 92.4. The van der Waals surface area contributed by atoms with Crippen LogP contribution in [0.2, 0.25) is 0 Å². The molecule has 0 aliphatic carbocycles. The quantitative estimate of drug-likeness (QED) is 0.0315. The van der Waals surface area contributed by atoms with E-state index in [1.807, 2.05) is 6.92 Å². The summed E-state index contributed by atoms with van der Waals surface area (Å²) in [5, 5.41) is 37.9. The van der Waals surface area contributed by atoms with Crippen LogP contribution in [0, 0.1) is 0 Å². The third-order valence-electron chi connectivity index (χ3n) is 10.4. The monoisotopic (exact) mass is 911 g/mol. The summed E-state index contributed by atoms with van der Waals surface area (Å²) in [6.07, 6.45) is 9.71. The van der Waals surface area contributed by atoms with Crippen LogP contribution >= 0.6 is 0 Å². The van der Waals surface area contributed by atoms with Crippen molar-refractivity contribution >= 4 is 41.4 Å². The van der Waals surface area contributed by atoms with Crippen molar-refractivity contribution in [3.05, 3.63) is 12.3 Å². The summed E-state index contributed by atoms with van der Waals surface area (Å²) in [6.45, 7) is 10.3. The fourth-order valence-corrected chi connectivity index (χ4v) is 6.92. The van der Waals surface area contributed by atoms with E-state index in [-0.39, 0.29) is 75.6 Å². The summed E-state index contributed by atoms with van der Waals surface area (Å²) >= 11 is 0. The minimum Gasteiger partial charge on any atom is -0.391 e. The number of carbonyl (C=O) groups excluding carboxylic acids is 7. The topological polar surface area (TPSA) is 266 Å². The van der Waals surface area contributed by atoms with E-state index in [0.717, 1.165) is 76.6 Å². The smallest absolute Gasteiger partial charge is 0.333 e. The van der Waals surface area contributed by atoms with Crippen molar-refractivity contribution < 1.29 is 58.1 Å². The highest BCUT2D eigenvalue weighted by Crippen LogP contribution is 2.16. The highest BCUT2D eigenvalue weighted by Gasteiger charge is 2.33. The zero-order valence-corrected chi connectivity index (χ0v) is 38.2. The van der Waals surface area contributed by atoms with E-state index in [0.29, 0.717) is 82.9 Å². The lowest BCUT2D eigenvalue weighted by Crippen LogP contribution is -2.47. The molecular weight excluding hydrogens is 833 g/mol. The van der Waals surface area contributed by atoms with Crippen molar-refractivity contribution in [2.24, 2.45) is 0 Å². The van der Waals surface area contributed by atoms with Gasteiger partial charge in [0.1, 0.15) is 6.10 Å². The normalized spacial score (nSPS) is 17.3. The van der Waals surface area contributed by atoms with Crippen LogP contribution in [0.4, 0.5) is 0 Å². The SMILES string of the molecule is C=C(CCCCCNC(=O)CN(CC(=O)NCCCCCC(=O)NCCCCCCNCCOC1OC[C@@H](O)CC1O)CC(=O)NCCCCCC(=O)ON1C(=O)CCC1=O)NCC. The Kier molecular flexibility index (Phi) is 30.7. The minimum absolute atomic E-state index is 0.00439. The number of unbranched alkanes of at least 4 members (excludes halogenated alkanes) is 9. The molecule has 2 saturated heterocycles. The molecule has 2 unspecified atom stereocenters. The first-order valence-corrected chi connectivity index (χ1v) is 23.4. The maximum atomic E-state index is 12.9. The largest absolute Gasteiger partial charge is 0.391 e. The van der Waals surface area contributed by atoms with Gasteiger partial charge in [-0.3, -0.25) is 33.7 Å². The van der Waals surface area contributed by atoms with E-state index in [9.17, 15) is 43.8 Å². The van der Waals surface area contributed by atoms with Crippen LogP contribution in [0.3, 0.4) is 0 Å². The summed E-state index contributed by atoms with van der Waals surface area (Å²) in [5.74, 6) is -2.69. The van der Waals surface area contributed by atoms with Gasteiger partial charge in [-0.2, -0.15) is 0 Å². The van der Waals surface area contributed by atoms with Crippen molar-refractivity contribution in [1.29, 1.82) is 0 Å². The number of imide groups is 1. The molecule has 0 aromatic heterocycles. The molecule has 0 bridgehead atoms. The lowest BCUT2D eigenvalue weighted by atomic mass is 10.1. The molecule has 0 saturated carbocycles. The Morgan fingerprint density at radius 2 is 1.14 bits per heavy atom. The summed E-state index contributed by atoms with van der Waals surface area (Å²) < 4.78 is 10.8. The van der Waals surface area contributed by atoms with Crippen LogP contribution < -0.4 is 31.9 Å². The number of nitrogens with zero attached hydrogens (tertiary/aromatic N) is 2. The average molecular weight is 911 g/mol. The average Bonchev–Trinajstić information content (AvgIpc) is 3.56. The lowest BCUT2D eigenvalue weighted by molar-refractivity contribution is -0.234. The first kappa shape index (κ1) is 55.9. The van der Waals surface area contributed by atoms with Crippen molar-refractivity contribution in [1.82, 2.24) is 41.9 Å². The number of amides is 6. The number of carbonyl (C=O) groups is 7. The maximum Gasteiger partial charge on any atom is 0.333 e. The molecule has 366 valence electrons. The standard InChI is InChI=1S/C44H78N8O12/c1-3-46-34(2)17-9-6-14-24-48-38(56)30-51(32-40(58)50-26-16-8-11-19-43(61)64-52-41(59)20-21-42(52)60)31-39(57)49-25-15-7-10-18-37(55)47-23-13-5-4-12-22-45-27-28-62-44-36(54)29-35(53)33-63-44/h35-36,44-46,53-54H,2-33H2,1H3,(H,47,55)(H,48,56)(H,49,57)(H,50,58)/t35-,36?,44?/m0/s1. The highest BCUT2D eigenvalue weighted by molar-refractivity contribution is 6.01. The number of hydrogen-bond donors (Lipinski definition) is 8. The molecule has 6 amide bonds. The first-order chi connectivity index (χ1) is 30.9. The van der Waals surface area contributed by atoms with Gasteiger partial charge in [-0.15, -0.1) is 5.06 Å². The fourth-order valence-electron chi connectivity index (χ4n) is 6.92. The molecule has 0 aromatic rings. The van der Waals surface area contributed by atoms with Gasteiger partial charge in [-0.05, 0) is 71.3 Å². The third kappa shape index (κ3) is 27.9. The molecule has 0 spiro atoms. The molecule has 64 heavy (non-hydrogen) atoms. The number of hydroxylamine groups is 2. The van der Waals surface area contributed by atoms with Crippen molar-refractivity contribution in [2.75, 3.05) is 78.7 Å². The number of ether oxygens (including phenoxy) is 2. The predicted molar refractivity (Wildman–Crippen MR) is 238 cm³/mol. The Bertz CT molecular complexity index is 1410. The molecule has 2 aliphatic heterocycles.